The fraction of sp³-hybridized carbons (Fsp3) is 0.714. The highest BCUT2D eigenvalue weighted by molar-refractivity contribution is 5.85. The van der Waals surface area contributed by atoms with Gasteiger partial charge >= 0.3 is 0 Å². The van der Waals surface area contributed by atoms with Gasteiger partial charge in [0.05, 0.1) is 0 Å². The lowest BCUT2D eigenvalue weighted by molar-refractivity contribution is 0.304. The van der Waals surface area contributed by atoms with E-state index in [2.05, 4.69) is 21.6 Å². The van der Waals surface area contributed by atoms with Crippen LogP contribution in [0.25, 0.3) is 0 Å². The molecular formula is C14H26N4O. The van der Waals surface area contributed by atoms with Crippen LogP contribution in [0.1, 0.15) is 52.3 Å². The second-order valence-electron chi connectivity index (χ2n) is 5.61. The van der Waals surface area contributed by atoms with Gasteiger partial charge in [0.15, 0.2) is 0 Å². The third-order valence-electron chi connectivity index (χ3n) is 3.53. The zero-order chi connectivity index (χ0) is 14.3. The third-order valence-corrected chi connectivity index (χ3v) is 3.53. The Hall–Kier alpha value is -1.52. The second-order valence-corrected chi connectivity index (χ2v) is 5.61. The SMILES string of the molecule is CCCc1nccn1CCCCC(C)(C)/C(N)=N/O. The molecule has 0 aliphatic rings. The molecule has 1 rings (SSSR count). The van der Waals surface area contributed by atoms with Gasteiger partial charge in [0, 0.05) is 30.8 Å². The molecule has 0 spiro atoms. The summed E-state index contributed by atoms with van der Waals surface area (Å²) >= 11 is 0. The minimum absolute atomic E-state index is 0.240. The lowest BCUT2D eigenvalue weighted by Crippen LogP contribution is -2.31. The van der Waals surface area contributed by atoms with E-state index in [1.165, 1.54) is 0 Å². The first-order valence-electron chi connectivity index (χ1n) is 6.99. The Labute approximate surface area is 115 Å². The number of oxime groups is 1. The zero-order valence-electron chi connectivity index (χ0n) is 12.3. The molecular weight excluding hydrogens is 240 g/mol. The Morgan fingerprint density at radius 3 is 2.84 bits per heavy atom. The van der Waals surface area contributed by atoms with Crippen molar-refractivity contribution in [3.8, 4) is 0 Å². The van der Waals surface area contributed by atoms with Crippen LogP contribution in [0.15, 0.2) is 17.5 Å². The van der Waals surface area contributed by atoms with Gasteiger partial charge in [-0.25, -0.2) is 4.98 Å². The molecule has 0 amide bonds. The number of aryl methyl sites for hydroxylation is 2. The van der Waals surface area contributed by atoms with Crippen molar-refractivity contribution in [2.45, 2.75) is 59.4 Å². The molecule has 0 fully saturated rings. The number of imidazole rings is 1. The summed E-state index contributed by atoms with van der Waals surface area (Å²) in [6.07, 6.45) is 9.10. The zero-order valence-corrected chi connectivity index (χ0v) is 12.3. The summed E-state index contributed by atoms with van der Waals surface area (Å²) < 4.78 is 2.22. The number of aromatic nitrogens is 2. The van der Waals surface area contributed by atoms with Gasteiger partial charge in [-0.05, 0) is 19.3 Å². The summed E-state index contributed by atoms with van der Waals surface area (Å²) in [6.45, 7) is 7.16. The third kappa shape index (κ3) is 4.58. The first-order valence-corrected chi connectivity index (χ1v) is 6.99. The molecule has 1 aromatic rings. The minimum atomic E-state index is -0.240. The second kappa shape index (κ2) is 7.16. The molecule has 19 heavy (non-hydrogen) atoms. The lowest BCUT2D eigenvalue weighted by Gasteiger charge is -2.22. The Kier molecular flexibility index (Phi) is 5.86. The summed E-state index contributed by atoms with van der Waals surface area (Å²) in [7, 11) is 0. The molecule has 3 N–H and O–H groups in total. The highest BCUT2D eigenvalue weighted by Gasteiger charge is 2.22. The van der Waals surface area contributed by atoms with Gasteiger partial charge in [-0.3, -0.25) is 0 Å². The van der Waals surface area contributed by atoms with E-state index in [9.17, 15) is 0 Å². The molecule has 0 aliphatic carbocycles. The smallest absolute Gasteiger partial charge is 0.144 e. The van der Waals surface area contributed by atoms with Gasteiger partial charge in [-0.2, -0.15) is 0 Å². The number of hydrogen-bond donors (Lipinski definition) is 2. The van der Waals surface area contributed by atoms with Gasteiger partial charge in [-0.1, -0.05) is 32.3 Å². The highest BCUT2D eigenvalue weighted by atomic mass is 16.4. The van der Waals surface area contributed by atoms with Gasteiger partial charge in [0.2, 0.25) is 0 Å². The fourth-order valence-corrected chi connectivity index (χ4v) is 2.11. The Balaban J connectivity index is 2.37. The number of hydrogen-bond acceptors (Lipinski definition) is 3. The molecule has 0 unspecified atom stereocenters. The average molecular weight is 266 g/mol. The molecule has 0 bridgehead atoms. The summed E-state index contributed by atoms with van der Waals surface area (Å²) in [5.74, 6) is 1.47. The Morgan fingerprint density at radius 1 is 1.47 bits per heavy atom. The lowest BCUT2D eigenvalue weighted by atomic mass is 9.86. The van der Waals surface area contributed by atoms with Crippen LogP contribution in [0.5, 0.6) is 0 Å². The number of amidine groups is 1. The summed E-state index contributed by atoms with van der Waals surface area (Å²) in [6, 6.07) is 0. The van der Waals surface area contributed by atoms with Crippen molar-refractivity contribution in [1.82, 2.24) is 9.55 Å². The maximum absolute atomic E-state index is 8.72. The summed E-state index contributed by atoms with van der Waals surface area (Å²) in [5.41, 5.74) is 5.44. The Morgan fingerprint density at radius 2 is 2.21 bits per heavy atom. The molecule has 1 aromatic heterocycles. The van der Waals surface area contributed by atoms with Gasteiger partial charge in [0.25, 0.3) is 0 Å². The van der Waals surface area contributed by atoms with Crippen LogP contribution in [0.3, 0.4) is 0 Å². The number of unbranched alkanes of at least 4 members (excludes halogenated alkanes) is 1. The van der Waals surface area contributed by atoms with Crippen LogP contribution < -0.4 is 5.73 Å². The van der Waals surface area contributed by atoms with Crippen molar-refractivity contribution in [2.24, 2.45) is 16.3 Å². The normalized spacial score (nSPS) is 12.9. The first-order chi connectivity index (χ1) is 9.01. The van der Waals surface area contributed by atoms with Crippen molar-refractivity contribution in [1.29, 1.82) is 0 Å². The number of nitrogens with zero attached hydrogens (tertiary/aromatic N) is 3. The van der Waals surface area contributed by atoms with Crippen LogP contribution in [-0.4, -0.2) is 20.6 Å². The maximum atomic E-state index is 8.72. The van der Waals surface area contributed by atoms with Crippen LogP contribution in [0.2, 0.25) is 0 Å². The van der Waals surface area contributed by atoms with Crippen LogP contribution >= 0.6 is 0 Å². The van der Waals surface area contributed by atoms with E-state index < -0.39 is 0 Å². The summed E-state index contributed by atoms with van der Waals surface area (Å²) in [5, 5.41) is 11.8. The molecule has 1 heterocycles. The molecule has 0 atom stereocenters. The number of nitrogens with two attached hydrogens (primary N) is 1. The van der Waals surface area contributed by atoms with Crippen LogP contribution in [0, 0.1) is 5.41 Å². The van der Waals surface area contributed by atoms with Crippen molar-refractivity contribution in [2.75, 3.05) is 0 Å². The number of rotatable bonds is 8. The van der Waals surface area contributed by atoms with Gasteiger partial charge < -0.3 is 15.5 Å². The van der Waals surface area contributed by atoms with E-state index in [4.69, 9.17) is 10.9 Å². The van der Waals surface area contributed by atoms with E-state index in [-0.39, 0.29) is 5.41 Å². The van der Waals surface area contributed by atoms with Crippen molar-refractivity contribution in [3.05, 3.63) is 18.2 Å². The van der Waals surface area contributed by atoms with Crippen molar-refractivity contribution in [3.63, 3.8) is 0 Å². The molecule has 0 aromatic carbocycles. The molecule has 0 aliphatic heterocycles. The van der Waals surface area contributed by atoms with Crippen molar-refractivity contribution >= 4 is 5.84 Å². The predicted molar refractivity (Wildman–Crippen MR) is 77.3 cm³/mol. The minimum Gasteiger partial charge on any atom is -0.409 e. The molecule has 0 saturated heterocycles. The van der Waals surface area contributed by atoms with E-state index in [0.29, 0.717) is 5.84 Å². The standard InChI is InChI=1S/C14H26N4O/c1-4-7-12-16-9-11-18(12)10-6-5-8-14(2,3)13(15)17-19/h9,11,19H,4-8,10H2,1-3H3,(H2,15,17). The highest BCUT2D eigenvalue weighted by Crippen LogP contribution is 2.23. The van der Waals surface area contributed by atoms with E-state index in [0.717, 1.165) is 44.5 Å². The fourth-order valence-electron chi connectivity index (χ4n) is 2.11. The van der Waals surface area contributed by atoms with Crippen LogP contribution in [0.4, 0.5) is 0 Å². The molecule has 5 nitrogen and oxygen atoms in total. The quantitative estimate of drug-likeness (QED) is 0.250. The monoisotopic (exact) mass is 266 g/mol. The largest absolute Gasteiger partial charge is 0.409 e. The van der Waals surface area contributed by atoms with Gasteiger partial charge in [0.1, 0.15) is 11.7 Å². The predicted octanol–water partition coefficient (Wildman–Crippen LogP) is 2.78. The average Bonchev–Trinajstić information content (AvgIpc) is 2.81. The van der Waals surface area contributed by atoms with E-state index in [1.807, 2.05) is 26.2 Å². The molecule has 0 saturated carbocycles. The van der Waals surface area contributed by atoms with E-state index in [1.54, 1.807) is 0 Å². The van der Waals surface area contributed by atoms with Crippen LogP contribution in [-0.2, 0) is 13.0 Å². The topological polar surface area (TPSA) is 76.4 Å². The van der Waals surface area contributed by atoms with E-state index >= 15 is 0 Å². The molecule has 5 heteroatoms. The Bertz CT molecular complexity index is 409. The summed E-state index contributed by atoms with van der Waals surface area (Å²) in [4.78, 5) is 4.37. The maximum Gasteiger partial charge on any atom is 0.144 e. The first kappa shape index (κ1) is 15.5. The molecule has 108 valence electrons. The van der Waals surface area contributed by atoms with Gasteiger partial charge in [-0.15, -0.1) is 0 Å². The van der Waals surface area contributed by atoms with Crippen molar-refractivity contribution < 1.29 is 5.21 Å². The molecule has 0 radical (unpaired) electrons.